The van der Waals surface area contributed by atoms with Crippen molar-refractivity contribution >= 4 is 10.9 Å². The van der Waals surface area contributed by atoms with E-state index in [-0.39, 0.29) is 11.8 Å². The molecule has 102 valence electrons. The van der Waals surface area contributed by atoms with Crippen LogP contribution in [0.1, 0.15) is 16.8 Å². The molecule has 4 rings (SSSR count). The van der Waals surface area contributed by atoms with Gasteiger partial charge in [0.05, 0.1) is 5.56 Å². The van der Waals surface area contributed by atoms with Gasteiger partial charge in [0, 0.05) is 34.8 Å². The van der Waals surface area contributed by atoms with Gasteiger partial charge in [-0.05, 0) is 25.3 Å². The van der Waals surface area contributed by atoms with E-state index in [0.717, 1.165) is 46.1 Å². The summed E-state index contributed by atoms with van der Waals surface area (Å²) in [6.45, 7) is 2.08. The highest BCUT2D eigenvalue weighted by molar-refractivity contribution is 6.02. The highest BCUT2D eigenvalue weighted by Crippen LogP contribution is 2.48. The van der Waals surface area contributed by atoms with Gasteiger partial charge in [0.25, 0.3) is 0 Å². The molecule has 1 aliphatic carbocycles. The van der Waals surface area contributed by atoms with Crippen LogP contribution in [0.2, 0.25) is 0 Å². The van der Waals surface area contributed by atoms with E-state index in [1.807, 2.05) is 6.07 Å². The Morgan fingerprint density at radius 3 is 2.70 bits per heavy atom. The van der Waals surface area contributed by atoms with Crippen molar-refractivity contribution in [1.29, 1.82) is 0 Å². The molecule has 4 nitrogen and oxygen atoms in total. The predicted molar refractivity (Wildman–Crippen MR) is 78.2 cm³/mol. The second-order valence-electron chi connectivity index (χ2n) is 5.54. The number of H-pyrrole nitrogens is 1. The average Bonchev–Trinajstić information content (AvgIpc) is 2.92. The monoisotopic (exact) mass is 268 g/mol. The average molecular weight is 268 g/mol. The lowest BCUT2D eigenvalue weighted by atomic mass is 9.90. The number of hydrogen-bond donors (Lipinski definition) is 3. The first-order valence-corrected chi connectivity index (χ1v) is 6.79. The fraction of sp³-hybridized carbons (Fsp3) is 0.250. The number of aromatic amines is 1. The van der Waals surface area contributed by atoms with Crippen LogP contribution in [0.25, 0.3) is 22.0 Å². The summed E-state index contributed by atoms with van der Waals surface area (Å²) >= 11 is 0. The summed E-state index contributed by atoms with van der Waals surface area (Å²) in [6.07, 6.45) is 1.60. The molecule has 0 aliphatic heterocycles. The molecule has 20 heavy (non-hydrogen) atoms. The van der Waals surface area contributed by atoms with Gasteiger partial charge in [0.2, 0.25) is 5.88 Å². The SMILES string of the molecule is Cc1cccc2c3c([nH]c12)CCc1c-3c(O)n(C)c1O. The lowest BCUT2D eigenvalue weighted by Crippen LogP contribution is -2.00. The van der Waals surface area contributed by atoms with Crippen molar-refractivity contribution in [1.82, 2.24) is 9.55 Å². The third-order valence-corrected chi connectivity index (χ3v) is 4.43. The first-order valence-electron chi connectivity index (χ1n) is 6.79. The van der Waals surface area contributed by atoms with Gasteiger partial charge in [0.15, 0.2) is 5.88 Å². The minimum absolute atomic E-state index is 0.140. The lowest BCUT2D eigenvalue weighted by Gasteiger charge is -2.12. The quantitative estimate of drug-likeness (QED) is 0.587. The fourth-order valence-corrected chi connectivity index (χ4v) is 3.36. The van der Waals surface area contributed by atoms with Gasteiger partial charge in [-0.25, -0.2) is 0 Å². The number of aryl methyl sites for hydroxylation is 2. The Bertz CT molecular complexity index is 855. The van der Waals surface area contributed by atoms with Crippen molar-refractivity contribution in [3.8, 4) is 22.9 Å². The molecule has 0 saturated heterocycles. The van der Waals surface area contributed by atoms with Gasteiger partial charge in [-0.1, -0.05) is 18.2 Å². The van der Waals surface area contributed by atoms with Gasteiger partial charge in [-0.2, -0.15) is 0 Å². The number of aromatic nitrogens is 2. The molecule has 3 N–H and O–H groups in total. The van der Waals surface area contributed by atoms with Gasteiger partial charge in [-0.3, -0.25) is 4.57 Å². The third kappa shape index (κ3) is 1.21. The van der Waals surface area contributed by atoms with E-state index in [4.69, 9.17) is 0 Å². The van der Waals surface area contributed by atoms with E-state index in [9.17, 15) is 10.2 Å². The molecule has 0 fully saturated rings. The van der Waals surface area contributed by atoms with Crippen molar-refractivity contribution in [2.75, 3.05) is 0 Å². The van der Waals surface area contributed by atoms with Crippen molar-refractivity contribution in [3.63, 3.8) is 0 Å². The molecular weight excluding hydrogens is 252 g/mol. The Kier molecular flexibility index (Phi) is 2.06. The Morgan fingerprint density at radius 2 is 1.90 bits per heavy atom. The first kappa shape index (κ1) is 11.5. The molecule has 0 atom stereocenters. The molecule has 0 amide bonds. The second kappa shape index (κ2) is 3.60. The standard InChI is InChI=1S/C16H16N2O2/c1-8-4-3-5-9-12-11(17-14(8)9)7-6-10-13(12)16(20)18(2)15(10)19/h3-5,17,19-20H,6-7H2,1-2H3. The maximum absolute atomic E-state index is 10.3. The van der Waals surface area contributed by atoms with Crippen LogP contribution in [-0.4, -0.2) is 19.8 Å². The first-order chi connectivity index (χ1) is 9.59. The third-order valence-electron chi connectivity index (χ3n) is 4.43. The van der Waals surface area contributed by atoms with Crippen LogP contribution >= 0.6 is 0 Å². The van der Waals surface area contributed by atoms with Crippen molar-refractivity contribution in [2.24, 2.45) is 7.05 Å². The highest BCUT2D eigenvalue weighted by atomic mass is 16.3. The van der Waals surface area contributed by atoms with Crippen LogP contribution in [0.4, 0.5) is 0 Å². The fourth-order valence-electron chi connectivity index (χ4n) is 3.36. The smallest absolute Gasteiger partial charge is 0.202 e. The minimum atomic E-state index is 0.140. The molecule has 0 unspecified atom stereocenters. The molecule has 0 bridgehead atoms. The van der Waals surface area contributed by atoms with E-state index in [1.165, 1.54) is 10.1 Å². The molecule has 1 aliphatic rings. The molecular formula is C16H16N2O2. The van der Waals surface area contributed by atoms with Crippen molar-refractivity contribution in [3.05, 3.63) is 35.0 Å². The van der Waals surface area contributed by atoms with Crippen LogP contribution < -0.4 is 0 Å². The van der Waals surface area contributed by atoms with Crippen molar-refractivity contribution in [2.45, 2.75) is 19.8 Å². The van der Waals surface area contributed by atoms with Crippen molar-refractivity contribution < 1.29 is 10.2 Å². The number of benzene rings is 1. The summed E-state index contributed by atoms with van der Waals surface area (Å²) in [7, 11) is 1.68. The molecule has 3 aromatic rings. The largest absolute Gasteiger partial charge is 0.494 e. The van der Waals surface area contributed by atoms with Gasteiger partial charge in [0.1, 0.15) is 0 Å². The molecule has 0 spiro atoms. The molecule has 1 aromatic carbocycles. The Labute approximate surface area is 116 Å². The van der Waals surface area contributed by atoms with Gasteiger partial charge >= 0.3 is 0 Å². The number of rotatable bonds is 0. The summed E-state index contributed by atoms with van der Waals surface area (Å²) in [5, 5.41) is 21.6. The predicted octanol–water partition coefficient (Wildman–Crippen LogP) is 2.99. The number of nitrogens with zero attached hydrogens (tertiary/aromatic N) is 1. The molecule has 0 saturated carbocycles. The van der Waals surface area contributed by atoms with E-state index in [1.54, 1.807) is 7.05 Å². The van der Waals surface area contributed by atoms with E-state index < -0.39 is 0 Å². The maximum atomic E-state index is 10.3. The topological polar surface area (TPSA) is 61.2 Å². The number of aromatic hydroxyl groups is 2. The van der Waals surface area contributed by atoms with Crippen LogP contribution in [-0.2, 0) is 19.9 Å². The Hall–Kier alpha value is -2.36. The Morgan fingerprint density at radius 1 is 1.10 bits per heavy atom. The molecule has 0 radical (unpaired) electrons. The molecule has 4 heteroatoms. The number of hydrogen-bond acceptors (Lipinski definition) is 2. The molecule has 2 heterocycles. The summed E-state index contributed by atoms with van der Waals surface area (Å²) in [5.74, 6) is 0.311. The van der Waals surface area contributed by atoms with Crippen LogP contribution in [0, 0.1) is 6.92 Å². The zero-order valence-corrected chi connectivity index (χ0v) is 11.5. The van der Waals surface area contributed by atoms with Gasteiger partial charge in [-0.15, -0.1) is 0 Å². The molecule has 2 aromatic heterocycles. The number of fused-ring (bicyclic) bond motifs is 5. The highest BCUT2D eigenvalue weighted by Gasteiger charge is 2.29. The van der Waals surface area contributed by atoms with Gasteiger partial charge < -0.3 is 15.2 Å². The van der Waals surface area contributed by atoms with E-state index >= 15 is 0 Å². The van der Waals surface area contributed by atoms with E-state index in [0.29, 0.717) is 0 Å². The van der Waals surface area contributed by atoms with Crippen LogP contribution in [0.15, 0.2) is 18.2 Å². The summed E-state index contributed by atoms with van der Waals surface area (Å²) in [4.78, 5) is 3.48. The number of nitrogens with one attached hydrogen (secondary N) is 1. The minimum Gasteiger partial charge on any atom is -0.494 e. The van der Waals surface area contributed by atoms with Crippen LogP contribution in [0.3, 0.4) is 0 Å². The Balaban J connectivity index is 2.17. The van der Waals surface area contributed by atoms with Crippen LogP contribution in [0.5, 0.6) is 11.8 Å². The number of para-hydroxylation sites is 1. The zero-order valence-electron chi connectivity index (χ0n) is 11.5. The maximum Gasteiger partial charge on any atom is 0.202 e. The van der Waals surface area contributed by atoms with E-state index in [2.05, 4.69) is 24.0 Å². The second-order valence-corrected chi connectivity index (χ2v) is 5.54. The lowest BCUT2D eigenvalue weighted by molar-refractivity contribution is 0.385. The normalized spacial score (nSPS) is 13.5. The zero-order chi connectivity index (χ0) is 14.0. The summed E-state index contributed by atoms with van der Waals surface area (Å²) < 4.78 is 1.45. The summed E-state index contributed by atoms with van der Waals surface area (Å²) in [6, 6.07) is 6.17. The summed E-state index contributed by atoms with van der Waals surface area (Å²) in [5.41, 5.74) is 6.12.